The van der Waals surface area contributed by atoms with Crippen LogP contribution < -0.4 is 15.4 Å². The van der Waals surface area contributed by atoms with Crippen molar-refractivity contribution < 1.29 is 23.1 Å². The summed E-state index contributed by atoms with van der Waals surface area (Å²) in [5, 5.41) is 5.59. The van der Waals surface area contributed by atoms with Crippen molar-refractivity contribution in [2.24, 2.45) is 0 Å². The third-order valence-corrected chi connectivity index (χ3v) is 3.67. The molecule has 0 aromatic heterocycles. The first kappa shape index (κ1) is 20.2. The first-order valence-electron chi connectivity index (χ1n) is 8.22. The van der Waals surface area contributed by atoms with Crippen LogP contribution in [0.15, 0.2) is 48.5 Å². The molecule has 0 heterocycles. The van der Waals surface area contributed by atoms with E-state index in [4.69, 9.17) is 0 Å². The van der Waals surface area contributed by atoms with Crippen molar-refractivity contribution in [3.05, 3.63) is 54.1 Å². The van der Waals surface area contributed by atoms with E-state index in [0.29, 0.717) is 11.4 Å². The highest BCUT2D eigenvalue weighted by molar-refractivity contribution is 5.95. The number of rotatable bonds is 8. The lowest BCUT2D eigenvalue weighted by Crippen LogP contribution is -2.38. The Morgan fingerprint density at radius 3 is 2.22 bits per heavy atom. The summed E-state index contributed by atoms with van der Waals surface area (Å²) in [6.45, 7) is -1.06. The van der Waals surface area contributed by atoms with Crippen LogP contribution in [0.2, 0.25) is 0 Å². The monoisotopic (exact) mass is 377 g/mol. The maximum Gasteiger partial charge on any atom is 0.387 e. The summed E-state index contributed by atoms with van der Waals surface area (Å²) < 4.78 is 28.5. The Morgan fingerprint density at radius 1 is 1.04 bits per heavy atom. The zero-order chi connectivity index (χ0) is 19.8. The number of hydrogen-bond acceptors (Lipinski definition) is 4. The minimum Gasteiger partial charge on any atom is -0.435 e. The molecule has 2 rings (SSSR count). The molecule has 27 heavy (non-hydrogen) atoms. The normalized spacial score (nSPS) is 10.4. The molecule has 6 nitrogen and oxygen atoms in total. The Morgan fingerprint density at radius 2 is 1.63 bits per heavy atom. The van der Waals surface area contributed by atoms with Crippen molar-refractivity contribution in [1.82, 2.24) is 4.90 Å². The molecule has 0 aliphatic carbocycles. The number of hydrogen-bond donors (Lipinski definition) is 2. The van der Waals surface area contributed by atoms with Crippen LogP contribution in [0.25, 0.3) is 0 Å². The molecular weight excluding hydrogens is 356 g/mol. The van der Waals surface area contributed by atoms with Gasteiger partial charge in [-0.25, -0.2) is 0 Å². The van der Waals surface area contributed by atoms with E-state index in [2.05, 4.69) is 15.4 Å². The molecule has 0 unspecified atom stereocenters. The molecule has 0 spiro atoms. The average molecular weight is 377 g/mol. The summed E-state index contributed by atoms with van der Waals surface area (Å²) in [6.07, 6.45) is 0. The SMILES string of the molecule is Cc1ccc(NC(=O)CN(C)C(=O)CNc2ccc(OC(F)F)cc2)cc1. The number of nitrogens with one attached hydrogen (secondary N) is 2. The van der Waals surface area contributed by atoms with E-state index in [1.165, 1.54) is 36.2 Å². The van der Waals surface area contributed by atoms with E-state index in [0.717, 1.165) is 5.56 Å². The van der Waals surface area contributed by atoms with Crippen LogP contribution in [-0.2, 0) is 9.59 Å². The van der Waals surface area contributed by atoms with E-state index in [-0.39, 0.29) is 30.7 Å². The summed E-state index contributed by atoms with van der Waals surface area (Å²) in [6, 6.07) is 13.1. The molecule has 2 N–H and O–H groups in total. The summed E-state index contributed by atoms with van der Waals surface area (Å²) >= 11 is 0. The van der Waals surface area contributed by atoms with E-state index < -0.39 is 6.61 Å². The molecule has 0 atom stereocenters. The molecule has 8 heteroatoms. The van der Waals surface area contributed by atoms with Crippen molar-refractivity contribution in [2.75, 3.05) is 30.8 Å². The van der Waals surface area contributed by atoms with Gasteiger partial charge in [0.1, 0.15) is 5.75 Å². The topological polar surface area (TPSA) is 70.7 Å². The lowest BCUT2D eigenvalue weighted by Gasteiger charge is -2.17. The van der Waals surface area contributed by atoms with Crippen molar-refractivity contribution in [3.8, 4) is 5.75 Å². The van der Waals surface area contributed by atoms with Gasteiger partial charge in [0, 0.05) is 18.4 Å². The van der Waals surface area contributed by atoms with Crippen molar-refractivity contribution in [2.45, 2.75) is 13.5 Å². The second-order valence-electron chi connectivity index (χ2n) is 5.92. The largest absolute Gasteiger partial charge is 0.435 e. The molecule has 0 aliphatic heterocycles. The molecule has 2 aromatic carbocycles. The van der Waals surface area contributed by atoms with Crippen LogP contribution in [0.1, 0.15) is 5.56 Å². The van der Waals surface area contributed by atoms with Gasteiger partial charge in [-0.05, 0) is 43.3 Å². The smallest absolute Gasteiger partial charge is 0.387 e. The third-order valence-electron chi connectivity index (χ3n) is 3.67. The number of benzene rings is 2. The Hall–Kier alpha value is -3.16. The Bertz CT molecular complexity index is 765. The van der Waals surface area contributed by atoms with Gasteiger partial charge in [0.2, 0.25) is 11.8 Å². The second-order valence-corrected chi connectivity index (χ2v) is 5.92. The summed E-state index contributed by atoms with van der Waals surface area (Å²) in [7, 11) is 1.53. The maximum absolute atomic E-state index is 12.1. The van der Waals surface area contributed by atoms with Crippen LogP contribution in [0.5, 0.6) is 5.75 Å². The van der Waals surface area contributed by atoms with Crippen molar-refractivity contribution >= 4 is 23.2 Å². The number of halogens is 2. The number of likely N-dealkylation sites (N-methyl/N-ethyl adjacent to an activating group) is 1. The number of carbonyl (C=O) groups is 2. The fraction of sp³-hybridized carbons (Fsp3) is 0.263. The highest BCUT2D eigenvalue weighted by Crippen LogP contribution is 2.17. The number of ether oxygens (including phenoxy) is 1. The average Bonchev–Trinajstić information content (AvgIpc) is 2.62. The van der Waals surface area contributed by atoms with Crippen LogP contribution in [-0.4, -0.2) is 43.5 Å². The highest BCUT2D eigenvalue weighted by Gasteiger charge is 2.13. The number of carbonyl (C=O) groups excluding carboxylic acids is 2. The van der Waals surface area contributed by atoms with Crippen LogP contribution in [0, 0.1) is 6.92 Å². The molecule has 2 aromatic rings. The molecule has 0 saturated carbocycles. The summed E-state index contributed by atoms with van der Waals surface area (Å²) in [5.41, 5.74) is 2.32. The summed E-state index contributed by atoms with van der Waals surface area (Å²) in [4.78, 5) is 25.4. The zero-order valence-electron chi connectivity index (χ0n) is 15.0. The number of nitrogens with zero attached hydrogens (tertiary/aromatic N) is 1. The van der Waals surface area contributed by atoms with Crippen LogP contribution in [0.4, 0.5) is 20.2 Å². The molecule has 144 valence electrons. The molecule has 0 aliphatic rings. The first-order valence-corrected chi connectivity index (χ1v) is 8.22. The van der Waals surface area contributed by atoms with E-state index in [1.807, 2.05) is 19.1 Å². The third kappa shape index (κ3) is 6.93. The number of aryl methyl sites for hydroxylation is 1. The van der Waals surface area contributed by atoms with Crippen LogP contribution >= 0.6 is 0 Å². The maximum atomic E-state index is 12.1. The van der Waals surface area contributed by atoms with Crippen LogP contribution in [0.3, 0.4) is 0 Å². The number of anilines is 2. The second kappa shape index (κ2) is 9.51. The lowest BCUT2D eigenvalue weighted by atomic mass is 10.2. The molecule has 0 bridgehead atoms. The van der Waals surface area contributed by atoms with Gasteiger partial charge in [0.25, 0.3) is 0 Å². The number of alkyl halides is 2. The van der Waals surface area contributed by atoms with Gasteiger partial charge in [-0.1, -0.05) is 17.7 Å². The molecule has 2 amide bonds. The Balaban J connectivity index is 1.77. The Labute approximate surface area is 156 Å². The zero-order valence-corrected chi connectivity index (χ0v) is 15.0. The fourth-order valence-corrected chi connectivity index (χ4v) is 2.21. The van der Waals surface area contributed by atoms with E-state index >= 15 is 0 Å². The molecule has 0 radical (unpaired) electrons. The highest BCUT2D eigenvalue weighted by atomic mass is 19.3. The predicted octanol–water partition coefficient (Wildman–Crippen LogP) is 3.11. The minimum atomic E-state index is -2.88. The number of amides is 2. The van der Waals surface area contributed by atoms with Gasteiger partial charge >= 0.3 is 6.61 Å². The quantitative estimate of drug-likeness (QED) is 0.742. The van der Waals surface area contributed by atoms with Gasteiger partial charge in [-0.3, -0.25) is 9.59 Å². The molecule has 0 saturated heterocycles. The molecule has 0 fully saturated rings. The van der Waals surface area contributed by atoms with Crippen molar-refractivity contribution in [3.63, 3.8) is 0 Å². The van der Waals surface area contributed by atoms with Gasteiger partial charge in [-0.2, -0.15) is 8.78 Å². The Kier molecular flexibility index (Phi) is 7.10. The first-order chi connectivity index (χ1) is 12.8. The van der Waals surface area contributed by atoms with Gasteiger partial charge in [0.15, 0.2) is 0 Å². The standard InChI is InChI=1S/C19H21F2N3O3/c1-13-3-5-15(6-4-13)23-17(25)12-24(2)18(26)11-22-14-7-9-16(10-8-14)27-19(20)21/h3-10,19,22H,11-12H2,1-2H3,(H,23,25). The van der Waals surface area contributed by atoms with E-state index in [1.54, 1.807) is 12.1 Å². The van der Waals surface area contributed by atoms with Crippen molar-refractivity contribution in [1.29, 1.82) is 0 Å². The molecular formula is C19H21F2N3O3. The summed E-state index contributed by atoms with van der Waals surface area (Å²) in [5.74, 6) is -0.558. The van der Waals surface area contributed by atoms with Gasteiger partial charge in [0.05, 0.1) is 13.1 Å². The van der Waals surface area contributed by atoms with Gasteiger partial charge in [-0.15, -0.1) is 0 Å². The fourth-order valence-electron chi connectivity index (χ4n) is 2.21. The van der Waals surface area contributed by atoms with Gasteiger partial charge < -0.3 is 20.3 Å². The lowest BCUT2D eigenvalue weighted by molar-refractivity contribution is -0.131. The predicted molar refractivity (Wildman–Crippen MR) is 99.0 cm³/mol. The minimum absolute atomic E-state index is 0.0340. The van der Waals surface area contributed by atoms with E-state index in [9.17, 15) is 18.4 Å².